The van der Waals surface area contributed by atoms with Gasteiger partial charge in [0.2, 0.25) is 11.8 Å². The number of nitrogens with one attached hydrogen (secondary N) is 3. The molecule has 10 heteroatoms. The van der Waals surface area contributed by atoms with E-state index in [9.17, 15) is 24.3 Å². The second-order valence-corrected chi connectivity index (χ2v) is 8.79. The predicted molar refractivity (Wildman–Crippen MR) is 129 cm³/mol. The molecule has 0 saturated heterocycles. The minimum Gasteiger partial charge on any atom is -0.479 e. The minimum atomic E-state index is -1.20. The number of carboxylic acids is 1. The lowest BCUT2D eigenvalue weighted by Gasteiger charge is -2.15. The summed E-state index contributed by atoms with van der Waals surface area (Å²) < 4.78 is 5.36. The van der Waals surface area contributed by atoms with Crippen molar-refractivity contribution in [1.29, 1.82) is 0 Å². The lowest BCUT2D eigenvalue weighted by molar-refractivity contribution is -0.141. The Morgan fingerprint density at radius 2 is 1.49 bits per heavy atom. The maximum absolute atomic E-state index is 12.2. The molecule has 4 rings (SSSR count). The molecule has 9 nitrogen and oxygen atoms in total. The number of carbonyl (C=O) groups excluding carboxylic acids is 3. The Kier molecular flexibility index (Phi) is 7.41. The Bertz CT molecular complexity index is 1200. The zero-order valence-electron chi connectivity index (χ0n) is 18.5. The number of rotatable bonds is 9. The van der Waals surface area contributed by atoms with Crippen molar-refractivity contribution in [2.45, 2.75) is 12.0 Å². The fourth-order valence-corrected chi connectivity index (χ4v) is 4.73. The fraction of sp³-hybridized carbons (Fsp3) is 0.200. The Morgan fingerprint density at radius 3 is 2.09 bits per heavy atom. The number of hydrogen-bond donors (Lipinski definition) is 4. The van der Waals surface area contributed by atoms with Crippen LogP contribution in [0.4, 0.5) is 4.79 Å². The molecule has 0 spiro atoms. The molecule has 3 aromatic rings. The minimum absolute atomic E-state index is 0.101. The van der Waals surface area contributed by atoms with Gasteiger partial charge in [0.1, 0.15) is 13.2 Å². The first-order valence-corrected chi connectivity index (χ1v) is 11.7. The number of aliphatic carboxylic acids is 1. The van der Waals surface area contributed by atoms with Gasteiger partial charge in [-0.2, -0.15) is 0 Å². The number of hydrogen-bond acceptors (Lipinski definition) is 6. The Morgan fingerprint density at radius 1 is 0.857 bits per heavy atom. The molecular formula is C25H23N3O6S. The molecule has 1 aliphatic rings. The lowest BCUT2D eigenvalue weighted by atomic mass is 9.98. The van der Waals surface area contributed by atoms with E-state index in [-0.39, 0.29) is 12.5 Å². The van der Waals surface area contributed by atoms with Crippen molar-refractivity contribution in [2.24, 2.45) is 0 Å². The van der Waals surface area contributed by atoms with Gasteiger partial charge in [0.15, 0.2) is 6.04 Å². The zero-order valence-corrected chi connectivity index (χ0v) is 19.3. The molecule has 4 N–H and O–H groups in total. The number of thiophene rings is 1. The highest BCUT2D eigenvalue weighted by atomic mass is 32.1. The molecule has 0 saturated carbocycles. The van der Waals surface area contributed by atoms with Crippen LogP contribution in [0.3, 0.4) is 0 Å². The maximum atomic E-state index is 12.2. The number of alkyl carbamates (subject to hydrolysis) is 1. The van der Waals surface area contributed by atoms with Crippen LogP contribution in [-0.2, 0) is 19.1 Å². The summed E-state index contributed by atoms with van der Waals surface area (Å²) in [5, 5.41) is 18.1. The first-order chi connectivity index (χ1) is 16.9. The highest BCUT2D eigenvalue weighted by Crippen LogP contribution is 2.44. The highest BCUT2D eigenvalue weighted by molar-refractivity contribution is 7.10. The van der Waals surface area contributed by atoms with Gasteiger partial charge in [-0.05, 0) is 33.7 Å². The third-order valence-electron chi connectivity index (χ3n) is 5.56. The molecule has 1 heterocycles. The third kappa shape index (κ3) is 5.67. The first kappa shape index (κ1) is 24.0. The number of fused-ring (bicyclic) bond motifs is 3. The van der Waals surface area contributed by atoms with E-state index in [1.165, 1.54) is 11.3 Å². The lowest BCUT2D eigenvalue weighted by Crippen LogP contribution is -2.44. The quantitative estimate of drug-likeness (QED) is 0.362. The summed E-state index contributed by atoms with van der Waals surface area (Å²) in [5.41, 5.74) is 4.37. The van der Waals surface area contributed by atoms with E-state index < -0.39 is 43.0 Å². The first-order valence-electron chi connectivity index (χ1n) is 10.8. The third-order valence-corrected chi connectivity index (χ3v) is 6.50. The van der Waals surface area contributed by atoms with Gasteiger partial charge in [-0.25, -0.2) is 9.59 Å². The summed E-state index contributed by atoms with van der Waals surface area (Å²) in [6.07, 6.45) is -0.755. The SMILES string of the molecule is O=C(CNC(=O)OCC1c2ccccc2-c2ccccc21)NCC(=O)NC(C(=O)O)c1cccs1. The molecule has 35 heavy (non-hydrogen) atoms. The van der Waals surface area contributed by atoms with Crippen molar-refractivity contribution in [1.82, 2.24) is 16.0 Å². The summed E-state index contributed by atoms with van der Waals surface area (Å²) in [7, 11) is 0. The molecule has 0 aliphatic heterocycles. The normalized spacial score (nSPS) is 12.7. The number of carboxylic acid groups (broad SMARTS) is 1. The molecule has 2 aromatic carbocycles. The second-order valence-electron chi connectivity index (χ2n) is 7.81. The van der Waals surface area contributed by atoms with Crippen molar-refractivity contribution in [2.75, 3.05) is 19.7 Å². The predicted octanol–water partition coefficient (Wildman–Crippen LogP) is 2.64. The summed E-state index contributed by atoms with van der Waals surface area (Å²) in [5.74, 6) is -2.59. The average Bonchev–Trinajstić information content (AvgIpc) is 3.50. The highest BCUT2D eigenvalue weighted by Gasteiger charge is 2.29. The van der Waals surface area contributed by atoms with Crippen LogP contribution in [0.25, 0.3) is 11.1 Å². The van der Waals surface area contributed by atoms with Crippen LogP contribution < -0.4 is 16.0 Å². The number of benzene rings is 2. The smallest absolute Gasteiger partial charge is 0.407 e. The summed E-state index contributed by atoms with van der Waals surface area (Å²) in [6.45, 7) is -0.708. The molecule has 1 unspecified atom stereocenters. The molecule has 0 bridgehead atoms. The van der Waals surface area contributed by atoms with E-state index in [1.807, 2.05) is 48.5 Å². The summed E-state index contributed by atoms with van der Waals surface area (Å²) in [6, 6.07) is 18.0. The fourth-order valence-electron chi connectivity index (χ4n) is 3.97. The molecule has 1 aromatic heterocycles. The van der Waals surface area contributed by atoms with Crippen LogP contribution in [0.15, 0.2) is 66.0 Å². The molecule has 3 amide bonds. The van der Waals surface area contributed by atoms with Crippen molar-refractivity contribution in [3.8, 4) is 11.1 Å². The molecule has 1 aliphatic carbocycles. The largest absolute Gasteiger partial charge is 0.479 e. The number of ether oxygens (including phenoxy) is 1. The van der Waals surface area contributed by atoms with Crippen LogP contribution in [0, 0.1) is 0 Å². The molecular weight excluding hydrogens is 470 g/mol. The van der Waals surface area contributed by atoms with Gasteiger partial charge < -0.3 is 25.8 Å². The van der Waals surface area contributed by atoms with Gasteiger partial charge in [-0.15, -0.1) is 11.3 Å². The van der Waals surface area contributed by atoms with Crippen LogP contribution >= 0.6 is 11.3 Å². The van der Waals surface area contributed by atoms with E-state index in [0.29, 0.717) is 4.88 Å². The maximum Gasteiger partial charge on any atom is 0.407 e. The van der Waals surface area contributed by atoms with E-state index in [2.05, 4.69) is 16.0 Å². The molecule has 180 valence electrons. The second kappa shape index (κ2) is 10.8. The van der Waals surface area contributed by atoms with Crippen LogP contribution in [0.2, 0.25) is 0 Å². The molecule has 0 radical (unpaired) electrons. The number of carbonyl (C=O) groups is 4. The van der Waals surface area contributed by atoms with E-state index in [4.69, 9.17) is 4.74 Å². The summed E-state index contributed by atoms with van der Waals surface area (Å²) in [4.78, 5) is 48.1. The molecule has 1 atom stereocenters. The van der Waals surface area contributed by atoms with Crippen LogP contribution in [-0.4, -0.2) is 48.7 Å². The Labute approximate surface area is 205 Å². The monoisotopic (exact) mass is 493 g/mol. The van der Waals surface area contributed by atoms with E-state index in [1.54, 1.807) is 17.5 Å². The van der Waals surface area contributed by atoms with Gasteiger partial charge in [0.25, 0.3) is 0 Å². The molecule has 0 fully saturated rings. The van der Waals surface area contributed by atoms with E-state index >= 15 is 0 Å². The van der Waals surface area contributed by atoms with Crippen molar-refractivity contribution < 1.29 is 29.0 Å². The van der Waals surface area contributed by atoms with E-state index in [0.717, 1.165) is 22.3 Å². The van der Waals surface area contributed by atoms with Gasteiger partial charge in [-0.3, -0.25) is 9.59 Å². The Hall–Kier alpha value is -4.18. The van der Waals surface area contributed by atoms with Gasteiger partial charge in [-0.1, -0.05) is 54.6 Å². The van der Waals surface area contributed by atoms with Crippen molar-refractivity contribution >= 4 is 35.2 Å². The zero-order chi connectivity index (χ0) is 24.8. The topological polar surface area (TPSA) is 134 Å². The average molecular weight is 494 g/mol. The van der Waals surface area contributed by atoms with Crippen molar-refractivity contribution in [3.63, 3.8) is 0 Å². The van der Waals surface area contributed by atoms with Gasteiger partial charge in [0.05, 0.1) is 6.54 Å². The Balaban J connectivity index is 1.21. The van der Waals surface area contributed by atoms with Crippen LogP contribution in [0.1, 0.15) is 28.0 Å². The van der Waals surface area contributed by atoms with Gasteiger partial charge in [0, 0.05) is 10.8 Å². The summed E-state index contributed by atoms with van der Waals surface area (Å²) >= 11 is 1.20. The standard InChI is InChI=1S/C25H23N3O6S/c29-21(26-13-22(30)28-23(24(31)32)20-10-5-11-35-20)12-27-25(33)34-14-19-17-8-3-1-6-15(17)16-7-2-4-9-18(16)19/h1-11,19,23H,12-14H2,(H,26,29)(H,27,33)(H,28,30)(H,31,32). The van der Waals surface area contributed by atoms with Gasteiger partial charge >= 0.3 is 12.1 Å². The number of amides is 3. The van der Waals surface area contributed by atoms with Crippen molar-refractivity contribution in [3.05, 3.63) is 82.0 Å². The van der Waals surface area contributed by atoms with Crippen LogP contribution in [0.5, 0.6) is 0 Å².